The highest BCUT2D eigenvalue weighted by atomic mass is 35.5. The molecule has 1 N–H and O–H groups in total. The standard InChI is InChI=1S/C16H23Cl2N/c1-2-19-11-14(12-6-4-3-5-7-12)13-8-9-15(17)16(18)10-13/h8-10,12,14,19H,2-7,11H2,1H3. The summed E-state index contributed by atoms with van der Waals surface area (Å²) in [5.41, 5.74) is 1.34. The van der Waals surface area contributed by atoms with Crippen LogP contribution in [0, 0.1) is 5.92 Å². The Morgan fingerprint density at radius 3 is 2.53 bits per heavy atom. The lowest BCUT2D eigenvalue weighted by Crippen LogP contribution is -2.28. The molecule has 19 heavy (non-hydrogen) atoms. The average Bonchev–Trinajstić information content (AvgIpc) is 2.44. The van der Waals surface area contributed by atoms with Gasteiger partial charge in [0.2, 0.25) is 0 Å². The molecule has 1 aromatic carbocycles. The van der Waals surface area contributed by atoms with Crippen molar-refractivity contribution in [2.45, 2.75) is 44.9 Å². The highest BCUT2D eigenvalue weighted by molar-refractivity contribution is 6.42. The zero-order valence-corrected chi connectivity index (χ0v) is 13.1. The number of hydrogen-bond acceptors (Lipinski definition) is 1. The Balaban J connectivity index is 2.17. The molecule has 0 radical (unpaired) electrons. The largest absolute Gasteiger partial charge is 0.316 e. The van der Waals surface area contributed by atoms with E-state index < -0.39 is 0 Å². The van der Waals surface area contributed by atoms with Crippen LogP contribution in [-0.2, 0) is 0 Å². The van der Waals surface area contributed by atoms with Crippen molar-refractivity contribution < 1.29 is 0 Å². The van der Waals surface area contributed by atoms with Gasteiger partial charge in [0, 0.05) is 6.54 Å². The van der Waals surface area contributed by atoms with E-state index in [0.717, 1.165) is 19.0 Å². The van der Waals surface area contributed by atoms with Gasteiger partial charge in [-0.05, 0) is 48.9 Å². The molecule has 2 rings (SSSR count). The second kappa shape index (κ2) is 7.52. The van der Waals surface area contributed by atoms with Gasteiger partial charge in [-0.15, -0.1) is 0 Å². The third-order valence-corrected chi connectivity index (χ3v) is 4.94. The van der Waals surface area contributed by atoms with E-state index in [-0.39, 0.29) is 0 Å². The Morgan fingerprint density at radius 1 is 1.16 bits per heavy atom. The van der Waals surface area contributed by atoms with E-state index in [1.54, 1.807) is 0 Å². The van der Waals surface area contributed by atoms with E-state index in [9.17, 15) is 0 Å². The van der Waals surface area contributed by atoms with E-state index in [1.165, 1.54) is 37.7 Å². The van der Waals surface area contributed by atoms with Gasteiger partial charge in [0.15, 0.2) is 0 Å². The number of nitrogens with one attached hydrogen (secondary N) is 1. The summed E-state index contributed by atoms with van der Waals surface area (Å²) in [5, 5.41) is 4.83. The number of rotatable bonds is 5. The van der Waals surface area contributed by atoms with Crippen LogP contribution in [0.25, 0.3) is 0 Å². The number of hydrogen-bond donors (Lipinski definition) is 1. The Bertz CT molecular complexity index is 400. The lowest BCUT2D eigenvalue weighted by Gasteiger charge is -2.31. The fourth-order valence-electron chi connectivity index (χ4n) is 3.14. The normalized spacial score (nSPS) is 18.5. The van der Waals surface area contributed by atoms with Crippen molar-refractivity contribution in [3.05, 3.63) is 33.8 Å². The second-order valence-corrected chi connectivity index (χ2v) is 6.30. The van der Waals surface area contributed by atoms with Crippen LogP contribution in [0.15, 0.2) is 18.2 Å². The fourth-order valence-corrected chi connectivity index (χ4v) is 3.44. The van der Waals surface area contributed by atoms with Gasteiger partial charge < -0.3 is 5.32 Å². The van der Waals surface area contributed by atoms with Crippen LogP contribution in [0.4, 0.5) is 0 Å². The lowest BCUT2D eigenvalue weighted by atomic mass is 9.77. The van der Waals surface area contributed by atoms with E-state index >= 15 is 0 Å². The van der Waals surface area contributed by atoms with Crippen LogP contribution >= 0.6 is 23.2 Å². The maximum Gasteiger partial charge on any atom is 0.0595 e. The summed E-state index contributed by atoms with van der Waals surface area (Å²) in [6.07, 6.45) is 6.82. The Morgan fingerprint density at radius 2 is 1.89 bits per heavy atom. The second-order valence-electron chi connectivity index (χ2n) is 5.49. The maximum absolute atomic E-state index is 6.18. The molecule has 0 bridgehead atoms. The average molecular weight is 300 g/mol. The predicted molar refractivity (Wildman–Crippen MR) is 84.3 cm³/mol. The van der Waals surface area contributed by atoms with Gasteiger partial charge in [0.05, 0.1) is 10.0 Å². The zero-order valence-electron chi connectivity index (χ0n) is 11.6. The Kier molecular flexibility index (Phi) is 6.00. The molecule has 1 aromatic rings. The third kappa shape index (κ3) is 4.11. The van der Waals surface area contributed by atoms with Gasteiger partial charge in [0.25, 0.3) is 0 Å². The minimum atomic E-state index is 0.565. The quantitative estimate of drug-likeness (QED) is 0.781. The molecule has 0 heterocycles. The molecule has 3 heteroatoms. The number of benzene rings is 1. The van der Waals surface area contributed by atoms with Crippen LogP contribution in [-0.4, -0.2) is 13.1 Å². The number of likely N-dealkylation sites (N-methyl/N-ethyl adjacent to an activating group) is 1. The molecule has 0 amide bonds. The van der Waals surface area contributed by atoms with Crippen molar-refractivity contribution in [3.63, 3.8) is 0 Å². The molecule has 0 spiro atoms. The molecule has 1 fully saturated rings. The van der Waals surface area contributed by atoms with Gasteiger partial charge in [-0.3, -0.25) is 0 Å². The van der Waals surface area contributed by atoms with Crippen LogP contribution < -0.4 is 5.32 Å². The molecule has 1 atom stereocenters. The first kappa shape index (κ1) is 15.2. The Hall–Kier alpha value is -0.240. The molecule has 1 aliphatic rings. The van der Waals surface area contributed by atoms with Crippen molar-refractivity contribution >= 4 is 23.2 Å². The highest BCUT2D eigenvalue weighted by Crippen LogP contribution is 2.37. The van der Waals surface area contributed by atoms with Gasteiger partial charge in [0.1, 0.15) is 0 Å². The first-order valence-electron chi connectivity index (χ1n) is 7.38. The minimum Gasteiger partial charge on any atom is -0.316 e. The topological polar surface area (TPSA) is 12.0 Å². The molecule has 1 saturated carbocycles. The summed E-state index contributed by atoms with van der Waals surface area (Å²) in [7, 11) is 0. The monoisotopic (exact) mass is 299 g/mol. The number of halogens is 2. The van der Waals surface area contributed by atoms with Crippen molar-refractivity contribution in [2.24, 2.45) is 5.92 Å². The highest BCUT2D eigenvalue weighted by Gasteiger charge is 2.25. The first-order valence-corrected chi connectivity index (χ1v) is 8.13. The van der Waals surface area contributed by atoms with Gasteiger partial charge in [-0.2, -0.15) is 0 Å². The smallest absolute Gasteiger partial charge is 0.0595 e. The lowest BCUT2D eigenvalue weighted by molar-refractivity contribution is 0.298. The zero-order chi connectivity index (χ0) is 13.7. The molecular weight excluding hydrogens is 277 g/mol. The molecule has 0 saturated heterocycles. The maximum atomic E-state index is 6.18. The molecule has 1 unspecified atom stereocenters. The molecule has 0 aromatic heterocycles. The summed E-state index contributed by atoms with van der Waals surface area (Å²) in [5.74, 6) is 1.35. The van der Waals surface area contributed by atoms with Crippen molar-refractivity contribution in [1.29, 1.82) is 0 Å². The SMILES string of the molecule is CCNCC(c1ccc(Cl)c(Cl)c1)C1CCCCC1. The van der Waals surface area contributed by atoms with Crippen LogP contribution in [0.3, 0.4) is 0 Å². The van der Waals surface area contributed by atoms with Gasteiger partial charge in [-0.1, -0.05) is 55.5 Å². The van der Waals surface area contributed by atoms with Crippen LogP contribution in [0.2, 0.25) is 10.0 Å². The van der Waals surface area contributed by atoms with Gasteiger partial charge in [-0.25, -0.2) is 0 Å². The van der Waals surface area contributed by atoms with E-state index in [4.69, 9.17) is 23.2 Å². The fraction of sp³-hybridized carbons (Fsp3) is 0.625. The van der Waals surface area contributed by atoms with Gasteiger partial charge >= 0.3 is 0 Å². The van der Waals surface area contributed by atoms with E-state index in [1.807, 2.05) is 6.07 Å². The van der Waals surface area contributed by atoms with Crippen LogP contribution in [0.1, 0.15) is 50.5 Å². The molecule has 0 aliphatic heterocycles. The summed E-state index contributed by atoms with van der Waals surface area (Å²) >= 11 is 12.2. The summed E-state index contributed by atoms with van der Waals surface area (Å²) in [4.78, 5) is 0. The van der Waals surface area contributed by atoms with Crippen molar-refractivity contribution in [2.75, 3.05) is 13.1 Å². The minimum absolute atomic E-state index is 0.565. The third-order valence-electron chi connectivity index (χ3n) is 4.20. The summed E-state index contributed by atoms with van der Waals surface area (Å²) in [6.45, 7) is 4.22. The Labute approximate surface area is 126 Å². The van der Waals surface area contributed by atoms with Crippen LogP contribution in [0.5, 0.6) is 0 Å². The summed E-state index contributed by atoms with van der Waals surface area (Å²) < 4.78 is 0. The van der Waals surface area contributed by atoms with E-state index in [0.29, 0.717) is 16.0 Å². The predicted octanol–water partition coefficient (Wildman–Crippen LogP) is 5.27. The van der Waals surface area contributed by atoms with Crippen molar-refractivity contribution in [1.82, 2.24) is 5.32 Å². The van der Waals surface area contributed by atoms with Crippen molar-refractivity contribution in [3.8, 4) is 0 Å². The van der Waals surface area contributed by atoms with E-state index in [2.05, 4.69) is 24.4 Å². The first-order chi connectivity index (χ1) is 9.22. The molecule has 1 nitrogen and oxygen atoms in total. The molecular formula is C16H23Cl2N. The summed E-state index contributed by atoms with van der Waals surface area (Å²) in [6, 6.07) is 6.13. The molecule has 1 aliphatic carbocycles. The molecule has 106 valence electrons.